The van der Waals surface area contributed by atoms with Gasteiger partial charge in [-0.2, -0.15) is 0 Å². The highest BCUT2D eigenvalue weighted by atomic mass is 16.6. The second-order valence-corrected chi connectivity index (χ2v) is 4.18. The molecule has 110 valence electrons. The van der Waals surface area contributed by atoms with E-state index in [1.165, 1.54) is 6.07 Å². The van der Waals surface area contributed by atoms with E-state index >= 15 is 0 Å². The molecule has 0 saturated heterocycles. The van der Waals surface area contributed by atoms with Crippen LogP contribution in [0.2, 0.25) is 0 Å². The van der Waals surface area contributed by atoms with Gasteiger partial charge in [-0.25, -0.2) is 0 Å². The normalized spacial score (nSPS) is 11.9. The predicted octanol–water partition coefficient (Wildman–Crippen LogP) is 0.998. The molecular weight excluding hydrogens is 264 g/mol. The molecule has 0 amide bonds. The zero-order valence-corrected chi connectivity index (χ0v) is 11.2. The van der Waals surface area contributed by atoms with Crippen molar-refractivity contribution < 1.29 is 19.6 Å². The number of esters is 1. The Balaban J connectivity index is 2.41. The van der Waals surface area contributed by atoms with E-state index < -0.39 is 17.0 Å². The quantitative estimate of drug-likeness (QED) is 0.419. The Morgan fingerprint density at radius 1 is 1.50 bits per heavy atom. The molecular formula is C13H18N2O5. The maximum atomic E-state index is 11.1. The molecule has 1 atom stereocenters. The number of nitrogens with one attached hydrogen (secondary N) is 1. The molecule has 0 spiro atoms. The summed E-state index contributed by atoms with van der Waals surface area (Å²) in [5.41, 5.74) is 0.556. The van der Waals surface area contributed by atoms with Gasteiger partial charge in [0.15, 0.2) is 0 Å². The number of carbonyl (C=O) groups is 1. The van der Waals surface area contributed by atoms with Gasteiger partial charge in [-0.05, 0) is 6.92 Å². The Morgan fingerprint density at radius 2 is 2.20 bits per heavy atom. The molecule has 2 N–H and O–H groups in total. The number of para-hydroxylation sites is 1. The van der Waals surface area contributed by atoms with Crippen LogP contribution in [0.25, 0.3) is 0 Å². The summed E-state index contributed by atoms with van der Waals surface area (Å²) in [4.78, 5) is 21.5. The lowest BCUT2D eigenvalue weighted by Crippen LogP contribution is -2.29. The zero-order valence-electron chi connectivity index (χ0n) is 11.2. The van der Waals surface area contributed by atoms with Gasteiger partial charge in [-0.1, -0.05) is 18.2 Å². The first-order valence-electron chi connectivity index (χ1n) is 6.31. The molecule has 0 aliphatic heterocycles. The number of nitro groups is 1. The minimum atomic E-state index is -0.878. The molecule has 0 radical (unpaired) electrons. The van der Waals surface area contributed by atoms with Crippen LogP contribution in [-0.2, 0) is 16.1 Å². The van der Waals surface area contributed by atoms with Gasteiger partial charge in [0.1, 0.15) is 0 Å². The van der Waals surface area contributed by atoms with Crippen molar-refractivity contribution in [2.75, 3.05) is 13.2 Å². The third-order valence-electron chi connectivity index (χ3n) is 2.59. The first-order chi connectivity index (χ1) is 9.54. The number of benzene rings is 1. The van der Waals surface area contributed by atoms with E-state index in [-0.39, 0.29) is 31.8 Å². The lowest BCUT2D eigenvalue weighted by Gasteiger charge is -2.11. The Morgan fingerprint density at radius 3 is 2.85 bits per heavy atom. The number of aliphatic hydroxyl groups is 1. The van der Waals surface area contributed by atoms with E-state index in [2.05, 4.69) is 5.32 Å². The van der Waals surface area contributed by atoms with E-state index in [1.807, 2.05) is 0 Å². The van der Waals surface area contributed by atoms with Crippen molar-refractivity contribution in [1.29, 1.82) is 0 Å². The highest BCUT2D eigenvalue weighted by molar-refractivity contribution is 5.69. The van der Waals surface area contributed by atoms with Gasteiger partial charge in [0, 0.05) is 24.7 Å². The molecule has 7 nitrogen and oxygen atoms in total. The van der Waals surface area contributed by atoms with Crippen LogP contribution in [0.15, 0.2) is 24.3 Å². The Kier molecular flexibility index (Phi) is 6.61. The number of rotatable bonds is 8. The average Bonchev–Trinajstić information content (AvgIpc) is 2.39. The molecule has 0 saturated carbocycles. The molecule has 1 unspecified atom stereocenters. The molecule has 1 aromatic carbocycles. The molecule has 0 aromatic heterocycles. The second-order valence-electron chi connectivity index (χ2n) is 4.18. The van der Waals surface area contributed by atoms with Crippen LogP contribution in [-0.4, -0.2) is 35.3 Å². The van der Waals surface area contributed by atoms with Crippen molar-refractivity contribution in [3.63, 3.8) is 0 Å². The summed E-state index contributed by atoms with van der Waals surface area (Å²) in [7, 11) is 0. The summed E-state index contributed by atoms with van der Waals surface area (Å²) in [6, 6.07) is 6.37. The monoisotopic (exact) mass is 282 g/mol. The number of hydrogen-bond donors (Lipinski definition) is 2. The van der Waals surface area contributed by atoms with Gasteiger partial charge in [-0.3, -0.25) is 14.9 Å². The van der Waals surface area contributed by atoms with Crippen LogP contribution in [0, 0.1) is 10.1 Å². The maximum absolute atomic E-state index is 11.1. The molecule has 0 bridgehead atoms. The summed E-state index contributed by atoms with van der Waals surface area (Å²) in [6.07, 6.45) is -0.977. The molecule has 1 aromatic rings. The standard InChI is InChI=1S/C13H18N2O5/c1-2-20-13(17)7-11(16)9-14-8-10-5-3-4-6-12(10)15(18)19/h3-6,11,14,16H,2,7-9H2,1H3. The van der Waals surface area contributed by atoms with Crippen molar-refractivity contribution in [3.8, 4) is 0 Å². The summed E-state index contributed by atoms with van der Waals surface area (Å²) >= 11 is 0. The minimum absolute atomic E-state index is 0.0277. The van der Waals surface area contributed by atoms with Crippen LogP contribution in [0.4, 0.5) is 5.69 Å². The number of nitrogens with zero attached hydrogens (tertiary/aromatic N) is 1. The Hall–Kier alpha value is -1.99. The summed E-state index contributed by atoms with van der Waals surface area (Å²) in [5, 5.41) is 23.3. The minimum Gasteiger partial charge on any atom is -0.466 e. The molecule has 0 aliphatic carbocycles. The second kappa shape index (κ2) is 8.23. The molecule has 7 heteroatoms. The first kappa shape index (κ1) is 16.1. The highest BCUT2D eigenvalue weighted by Crippen LogP contribution is 2.16. The van der Waals surface area contributed by atoms with Crippen LogP contribution in [0.3, 0.4) is 0 Å². The number of nitro benzene ring substituents is 1. The molecule has 0 heterocycles. The zero-order chi connectivity index (χ0) is 15.0. The number of aliphatic hydroxyl groups excluding tert-OH is 1. The van der Waals surface area contributed by atoms with E-state index in [9.17, 15) is 20.0 Å². The molecule has 1 rings (SSSR count). The van der Waals surface area contributed by atoms with E-state index in [4.69, 9.17) is 4.74 Å². The van der Waals surface area contributed by atoms with Crippen LogP contribution < -0.4 is 5.32 Å². The average molecular weight is 282 g/mol. The fraction of sp³-hybridized carbons (Fsp3) is 0.462. The van der Waals surface area contributed by atoms with Gasteiger partial charge < -0.3 is 15.2 Å². The van der Waals surface area contributed by atoms with Gasteiger partial charge in [-0.15, -0.1) is 0 Å². The lowest BCUT2D eigenvalue weighted by molar-refractivity contribution is -0.385. The molecule has 0 aliphatic rings. The number of carbonyl (C=O) groups excluding carboxylic acids is 1. The largest absolute Gasteiger partial charge is 0.466 e. The molecule has 0 fully saturated rings. The maximum Gasteiger partial charge on any atom is 0.308 e. The summed E-state index contributed by atoms with van der Waals surface area (Å²) < 4.78 is 4.71. The van der Waals surface area contributed by atoms with Gasteiger partial charge in [0.05, 0.1) is 24.1 Å². The van der Waals surface area contributed by atoms with E-state index in [1.54, 1.807) is 25.1 Å². The summed E-state index contributed by atoms with van der Waals surface area (Å²) in [6.45, 7) is 2.37. The third-order valence-corrected chi connectivity index (χ3v) is 2.59. The van der Waals surface area contributed by atoms with Crippen LogP contribution in [0.1, 0.15) is 18.9 Å². The van der Waals surface area contributed by atoms with E-state index in [0.29, 0.717) is 5.56 Å². The number of ether oxygens (including phenoxy) is 1. The van der Waals surface area contributed by atoms with Crippen LogP contribution in [0.5, 0.6) is 0 Å². The van der Waals surface area contributed by atoms with Gasteiger partial charge in [0.2, 0.25) is 0 Å². The SMILES string of the molecule is CCOC(=O)CC(O)CNCc1ccccc1[N+](=O)[O-]. The summed E-state index contributed by atoms with van der Waals surface area (Å²) in [5.74, 6) is -0.465. The van der Waals surface area contributed by atoms with Crippen molar-refractivity contribution in [3.05, 3.63) is 39.9 Å². The lowest BCUT2D eigenvalue weighted by atomic mass is 10.1. The van der Waals surface area contributed by atoms with Gasteiger partial charge >= 0.3 is 5.97 Å². The van der Waals surface area contributed by atoms with Crippen molar-refractivity contribution in [1.82, 2.24) is 5.32 Å². The van der Waals surface area contributed by atoms with Gasteiger partial charge in [0.25, 0.3) is 5.69 Å². The van der Waals surface area contributed by atoms with Crippen molar-refractivity contribution in [2.24, 2.45) is 0 Å². The highest BCUT2D eigenvalue weighted by Gasteiger charge is 2.14. The van der Waals surface area contributed by atoms with Crippen LogP contribution >= 0.6 is 0 Å². The number of hydrogen-bond acceptors (Lipinski definition) is 6. The molecule has 20 heavy (non-hydrogen) atoms. The van der Waals surface area contributed by atoms with Crippen molar-refractivity contribution in [2.45, 2.75) is 26.0 Å². The fourth-order valence-corrected chi connectivity index (χ4v) is 1.70. The topological polar surface area (TPSA) is 102 Å². The fourth-order valence-electron chi connectivity index (χ4n) is 1.70. The predicted molar refractivity (Wildman–Crippen MR) is 72.1 cm³/mol. The van der Waals surface area contributed by atoms with E-state index in [0.717, 1.165) is 0 Å². The Bertz CT molecular complexity index is 464. The Labute approximate surface area is 116 Å². The first-order valence-corrected chi connectivity index (χ1v) is 6.31. The smallest absolute Gasteiger partial charge is 0.308 e. The third kappa shape index (κ3) is 5.33. The van der Waals surface area contributed by atoms with Crippen molar-refractivity contribution >= 4 is 11.7 Å².